The number of methoxy groups -OCH3 is 2. The highest BCUT2D eigenvalue weighted by molar-refractivity contribution is 7.89. The number of likely N-dealkylation sites (N-methyl/N-ethyl adjacent to an activating group) is 1. The van der Waals surface area contributed by atoms with Crippen LogP contribution in [0, 0.1) is 0 Å². The van der Waals surface area contributed by atoms with Gasteiger partial charge in [0, 0.05) is 12.6 Å². The molecule has 158 valence electrons. The van der Waals surface area contributed by atoms with E-state index in [0.29, 0.717) is 29.5 Å². The highest BCUT2D eigenvalue weighted by atomic mass is 32.2. The van der Waals surface area contributed by atoms with Crippen molar-refractivity contribution in [2.75, 3.05) is 39.2 Å². The Kier molecular flexibility index (Phi) is 7.86. The average molecular weight is 423 g/mol. The third-order valence-electron chi connectivity index (χ3n) is 4.13. The SMILES string of the molecule is CCOc1ccc(S(=O)(=O)N(CC)CC(=O)Nc2cc(OC)ccc2OC)cc1. The van der Waals surface area contributed by atoms with Crippen LogP contribution in [0.4, 0.5) is 5.69 Å². The summed E-state index contributed by atoms with van der Waals surface area (Å²) in [5.74, 6) is 1.07. The summed E-state index contributed by atoms with van der Waals surface area (Å²) in [4.78, 5) is 12.6. The van der Waals surface area contributed by atoms with Crippen molar-refractivity contribution in [1.29, 1.82) is 0 Å². The average Bonchev–Trinajstić information content (AvgIpc) is 2.72. The van der Waals surface area contributed by atoms with Crippen molar-refractivity contribution in [3.63, 3.8) is 0 Å². The lowest BCUT2D eigenvalue weighted by atomic mass is 10.2. The number of rotatable bonds is 10. The van der Waals surface area contributed by atoms with Gasteiger partial charge in [0.2, 0.25) is 15.9 Å². The maximum Gasteiger partial charge on any atom is 0.243 e. The van der Waals surface area contributed by atoms with Gasteiger partial charge in [0.1, 0.15) is 17.2 Å². The molecule has 1 N–H and O–H groups in total. The molecule has 0 saturated heterocycles. The highest BCUT2D eigenvalue weighted by Gasteiger charge is 2.25. The first kappa shape index (κ1) is 22.5. The summed E-state index contributed by atoms with van der Waals surface area (Å²) in [6.07, 6.45) is 0. The molecule has 0 aliphatic carbocycles. The van der Waals surface area contributed by atoms with Gasteiger partial charge < -0.3 is 19.5 Å². The number of nitrogens with one attached hydrogen (secondary N) is 1. The van der Waals surface area contributed by atoms with Crippen molar-refractivity contribution < 1.29 is 27.4 Å². The number of carbonyl (C=O) groups excluding carboxylic acids is 1. The third-order valence-corrected chi connectivity index (χ3v) is 6.06. The summed E-state index contributed by atoms with van der Waals surface area (Å²) < 4.78 is 42.6. The van der Waals surface area contributed by atoms with Gasteiger partial charge in [-0.05, 0) is 43.3 Å². The molecule has 2 rings (SSSR count). The Morgan fingerprint density at radius 3 is 2.21 bits per heavy atom. The van der Waals surface area contributed by atoms with E-state index in [0.717, 1.165) is 4.31 Å². The molecule has 0 aliphatic heterocycles. The van der Waals surface area contributed by atoms with Crippen LogP contribution in [0.15, 0.2) is 47.4 Å². The molecule has 0 bridgehead atoms. The normalized spacial score (nSPS) is 11.2. The Morgan fingerprint density at radius 1 is 1.00 bits per heavy atom. The lowest BCUT2D eigenvalue weighted by molar-refractivity contribution is -0.116. The molecule has 0 fully saturated rings. The third kappa shape index (κ3) is 5.61. The van der Waals surface area contributed by atoms with E-state index in [2.05, 4.69) is 5.32 Å². The molecule has 0 atom stereocenters. The number of carbonyl (C=O) groups is 1. The van der Waals surface area contributed by atoms with E-state index < -0.39 is 15.9 Å². The molecule has 2 aromatic rings. The standard InChI is InChI=1S/C20H26N2O6S/c1-5-22(29(24,25)17-10-7-15(8-11-17)28-6-2)14-20(23)21-18-13-16(26-3)9-12-19(18)27-4/h7-13H,5-6,14H2,1-4H3,(H,21,23). The number of hydrogen-bond acceptors (Lipinski definition) is 6. The molecule has 8 nitrogen and oxygen atoms in total. The topological polar surface area (TPSA) is 94.2 Å². The molecule has 0 unspecified atom stereocenters. The number of ether oxygens (including phenoxy) is 3. The minimum Gasteiger partial charge on any atom is -0.497 e. The van der Waals surface area contributed by atoms with E-state index in [4.69, 9.17) is 14.2 Å². The van der Waals surface area contributed by atoms with Crippen LogP contribution < -0.4 is 19.5 Å². The largest absolute Gasteiger partial charge is 0.497 e. The van der Waals surface area contributed by atoms with Crippen LogP contribution in [0.3, 0.4) is 0 Å². The first-order valence-electron chi connectivity index (χ1n) is 9.10. The van der Waals surface area contributed by atoms with Gasteiger partial charge in [-0.25, -0.2) is 8.42 Å². The molecule has 9 heteroatoms. The predicted molar refractivity (Wildman–Crippen MR) is 110 cm³/mol. The van der Waals surface area contributed by atoms with Gasteiger partial charge in [0.25, 0.3) is 0 Å². The fourth-order valence-electron chi connectivity index (χ4n) is 2.65. The molecular weight excluding hydrogens is 396 g/mol. The van der Waals surface area contributed by atoms with Crippen molar-refractivity contribution in [2.24, 2.45) is 0 Å². The first-order valence-corrected chi connectivity index (χ1v) is 10.5. The van der Waals surface area contributed by atoms with E-state index in [1.807, 2.05) is 6.92 Å². The van der Waals surface area contributed by atoms with E-state index >= 15 is 0 Å². The minimum atomic E-state index is -3.84. The second-order valence-electron chi connectivity index (χ2n) is 5.95. The summed E-state index contributed by atoms with van der Waals surface area (Å²) in [7, 11) is -0.850. The van der Waals surface area contributed by atoms with Crippen molar-refractivity contribution in [1.82, 2.24) is 4.31 Å². The van der Waals surface area contributed by atoms with Gasteiger partial charge in [-0.15, -0.1) is 0 Å². The summed E-state index contributed by atoms with van der Waals surface area (Å²) in [6, 6.07) is 11.1. The van der Waals surface area contributed by atoms with Gasteiger partial charge >= 0.3 is 0 Å². The smallest absolute Gasteiger partial charge is 0.243 e. The van der Waals surface area contributed by atoms with E-state index in [1.165, 1.54) is 26.4 Å². The van der Waals surface area contributed by atoms with Gasteiger partial charge in [-0.2, -0.15) is 4.31 Å². The Balaban J connectivity index is 2.17. The number of hydrogen-bond donors (Lipinski definition) is 1. The molecule has 2 aromatic carbocycles. The number of anilines is 1. The summed E-state index contributed by atoms with van der Waals surface area (Å²) in [6.45, 7) is 3.80. The fourth-order valence-corrected chi connectivity index (χ4v) is 4.06. The lowest BCUT2D eigenvalue weighted by Crippen LogP contribution is -2.37. The quantitative estimate of drug-likeness (QED) is 0.633. The molecule has 0 spiro atoms. The van der Waals surface area contributed by atoms with E-state index in [1.54, 1.807) is 37.3 Å². The molecule has 29 heavy (non-hydrogen) atoms. The number of amides is 1. The fraction of sp³-hybridized carbons (Fsp3) is 0.350. The molecule has 0 aliphatic rings. The lowest BCUT2D eigenvalue weighted by Gasteiger charge is -2.20. The number of sulfonamides is 1. The molecule has 1 amide bonds. The molecule has 0 saturated carbocycles. The Bertz CT molecular complexity index is 928. The molecule has 0 radical (unpaired) electrons. The van der Waals surface area contributed by atoms with Crippen molar-refractivity contribution in [2.45, 2.75) is 18.7 Å². The summed E-state index contributed by atoms with van der Waals surface area (Å²) >= 11 is 0. The molecule has 0 aromatic heterocycles. The Morgan fingerprint density at radius 2 is 1.66 bits per heavy atom. The van der Waals surface area contributed by atoms with Crippen molar-refractivity contribution in [3.8, 4) is 17.2 Å². The second-order valence-corrected chi connectivity index (χ2v) is 7.89. The van der Waals surface area contributed by atoms with Crippen molar-refractivity contribution in [3.05, 3.63) is 42.5 Å². The van der Waals surface area contributed by atoms with Gasteiger partial charge in [0.15, 0.2) is 0 Å². The first-order chi connectivity index (χ1) is 13.8. The van der Waals surface area contributed by atoms with Crippen LogP contribution in [0.2, 0.25) is 0 Å². The maximum atomic E-state index is 12.9. The van der Waals surface area contributed by atoms with Crippen LogP contribution >= 0.6 is 0 Å². The van der Waals surface area contributed by atoms with E-state index in [9.17, 15) is 13.2 Å². The molecular formula is C20H26N2O6S. The zero-order valence-electron chi connectivity index (χ0n) is 17.0. The van der Waals surface area contributed by atoms with Crippen LogP contribution in [0.1, 0.15) is 13.8 Å². The Hall–Kier alpha value is -2.78. The van der Waals surface area contributed by atoms with Gasteiger partial charge in [0.05, 0.1) is 38.0 Å². The van der Waals surface area contributed by atoms with Gasteiger partial charge in [-0.1, -0.05) is 6.92 Å². The highest BCUT2D eigenvalue weighted by Crippen LogP contribution is 2.29. The summed E-state index contributed by atoms with van der Waals surface area (Å²) in [5, 5.41) is 2.68. The zero-order chi connectivity index (χ0) is 21.4. The van der Waals surface area contributed by atoms with Crippen molar-refractivity contribution >= 4 is 21.6 Å². The van der Waals surface area contributed by atoms with Crippen LogP contribution in [-0.2, 0) is 14.8 Å². The second kappa shape index (κ2) is 10.1. The van der Waals surface area contributed by atoms with E-state index in [-0.39, 0.29) is 18.0 Å². The summed E-state index contributed by atoms with van der Waals surface area (Å²) in [5.41, 5.74) is 0.395. The predicted octanol–water partition coefficient (Wildman–Crippen LogP) is 2.75. The monoisotopic (exact) mass is 422 g/mol. The minimum absolute atomic E-state index is 0.0922. The number of nitrogens with zero attached hydrogens (tertiary/aromatic N) is 1. The van der Waals surface area contributed by atoms with Gasteiger partial charge in [-0.3, -0.25) is 4.79 Å². The van der Waals surface area contributed by atoms with Crippen LogP contribution in [-0.4, -0.2) is 52.5 Å². The Labute approximate surface area is 171 Å². The van der Waals surface area contributed by atoms with Crippen LogP contribution in [0.25, 0.3) is 0 Å². The zero-order valence-corrected chi connectivity index (χ0v) is 17.8. The number of benzene rings is 2. The molecule has 0 heterocycles. The van der Waals surface area contributed by atoms with Crippen LogP contribution in [0.5, 0.6) is 17.2 Å². The maximum absolute atomic E-state index is 12.9.